The quantitative estimate of drug-likeness (QED) is 0.739. The summed E-state index contributed by atoms with van der Waals surface area (Å²) in [5, 5.41) is 9.04. The minimum Gasteiger partial charge on any atom is -0.372 e. The van der Waals surface area contributed by atoms with E-state index in [2.05, 4.69) is 23.7 Å². The smallest absolute Gasteiger partial charge is 0.262 e. The Kier molecular flexibility index (Phi) is 5.77. The number of carbonyl (C=O) groups excluding carboxylic acids is 1. The van der Waals surface area contributed by atoms with Gasteiger partial charge in [-0.3, -0.25) is 4.79 Å². The van der Waals surface area contributed by atoms with Crippen LogP contribution in [0.15, 0.2) is 29.3 Å². The van der Waals surface area contributed by atoms with Crippen molar-refractivity contribution in [2.75, 3.05) is 34.4 Å². The van der Waals surface area contributed by atoms with Crippen molar-refractivity contribution in [2.45, 2.75) is 31.6 Å². The van der Waals surface area contributed by atoms with E-state index in [-0.39, 0.29) is 29.2 Å². The summed E-state index contributed by atoms with van der Waals surface area (Å²) in [6.07, 6.45) is -0.285. The molecule has 1 aromatic carbocycles. The van der Waals surface area contributed by atoms with Gasteiger partial charge in [0.05, 0.1) is 23.6 Å². The average molecular weight is 407 g/mol. The standard InChI is InChI=1S/C18H22N4O3S2/c1-3-21(4-2)13-5-7-14(8-6-13)22-15-11-27(24,25)12-16(15)26-18(22)20-17(23)9-10-19/h5-8,15-16H,3-4,9,11-12H2,1-2H3/t15-,16+/m0/s1. The van der Waals surface area contributed by atoms with Crippen LogP contribution in [0.5, 0.6) is 0 Å². The number of hydrogen-bond donors (Lipinski definition) is 0. The van der Waals surface area contributed by atoms with E-state index >= 15 is 0 Å². The second-order valence-electron chi connectivity index (χ2n) is 6.48. The Balaban J connectivity index is 1.95. The van der Waals surface area contributed by atoms with E-state index in [1.807, 2.05) is 29.2 Å². The SMILES string of the molecule is CCN(CC)c1ccc(N2C(=NC(=O)CC#N)S[C@@H]3CS(=O)(=O)C[C@@H]32)cc1. The van der Waals surface area contributed by atoms with Crippen LogP contribution < -0.4 is 9.80 Å². The molecule has 2 aliphatic heterocycles. The Labute approximate surface area is 164 Å². The third-order valence-electron chi connectivity index (χ3n) is 4.77. The molecule has 0 spiro atoms. The van der Waals surface area contributed by atoms with Gasteiger partial charge in [-0.15, -0.1) is 0 Å². The zero-order valence-electron chi connectivity index (χ0n) is 15.3. The fourth-order valence-electron chi connectivity index (χ4n) is 3.49. The number of fused-ring (bicyclic) bond motifs is 1. The number of anilines is 2. The number of benzene rings is 1. The van der Waals surface area contributed by atoms with Crippen molar-refractivity contribution in [1.29, 1.82) is 5.26 Å². The summed E-state index contributed by atoms with van der Waals surface area (Å²) >= 11 is 1.32. The summed E-state index contributed by atoms with van der Waals surface area (Å²) in [6.45, 7) is 5.98. The van der Waals surface area contributed by atoms with E-state index < -0.39 is 15.7 Å². The van der Waals surface area contributed by atoms with Gasteiger partial charge in [0, 0.05) is 29.7 Å². The van der Waals surface area contributed by atoms with Gasteiger partial charge in [0.2, 0.25) is 0 Å². The van der Waals surface area contributed by atoms with Crippen LogP contribution in [-0.2, 0) is 14.6 Å². The van der Waals surface area contributed by atoms with Gasteiger partial charge in [-0.1, -0.05) is 11.8 Å². The highest BCUT2D eigenvalue weighted by atomic mass is 32.2. The fourth-order valence-corrected chi connectivity index (χ4v) is 7.42. The van der Waals surface area contributed by atoms with Gasteiger partial charge in [0.15, 0.2) is 15.0 Å². The van der Waals surface area contributed by atoms with Crippen LogP contribution in [0.2, 0.25) is 0 Å². The van der Waals surface area contributed by atoms with Gasteiger partial charge in [-0.25, -0.2) is 8.42 Å². The minimum absolute atomic E-state index is 0.0495. The maximum absolute atomic E-state index is 12.1. The van der Waals surface area contributed by atoms with Gasteiger partial charge < -0.3 is 9.80 Å². The van der Waals surface area contributed by atoms with Crippen molar-refractivity contribution in [1.82, 2.24) is 0 Å². The number of hydrogen-bond acceptors (Lipinski definition) is 6. The molecule has 144 valence electrons. The lowest BCUT2D eigenvalue weighted by molar-refractivity contribution is -0.116. The summed E-state index contributed by atoms with van der Waals surface area (Å²) in [7, 11) is -3.10. The first-order chi connectivity index (χ1) is 12.9. The van der Waals surface area contributed by atoms with Crippen LogP contribution in [0.4, 0.5) is 11.4 Å². The molecule has 0 saturated carbocycles. The van der Waals surface area contributed by atoms with Crippen LogP contribution in [0.3, 0.4) is 0 Å². The third kappa shape index (κ3) is 4.12. The predicted octanol–water partition coefficient (Wildman–Crippen LogP) is 2.05. The molecule has 2 heterocycles. The van der Waals surface area contributed by atoms with Gasteiger partial charge in [0.25, 0.3) is 5.91 Å². The Hall–Kier alpha value is -2.05. The first kappa shape index (κ1) is 19.7. The van der Waals surface area contributed by atoms with Crippen LogP contribution >= 0.6 is 11.8 Å². The number of amidine groups is 1. The van der Waals surface area contributed by atoms with E-state index in [1.54, 1.807) is 6.07 Å². The highest BCUT2D eigenvalue weighted by molar-refractivity contribution is 8.16. The molecule has 2 fully saturated rings. The molecule has 2 saturated heterocycles. The number of nitrogens with zero attached hydrogens (tertiary/aromatic N) is 4. The molecule has 0 bridgehead atoms. The highest BCUT2D eigenvalue weighted by Gasteiger charge is 2.49. The number of amides is 1. The second kappa shape index (κ2) is 7.90. The molecule has 2 aliphatic rings. The first-order valence-electron chi connectivity index (χ1n) is 8.88. The Bertz CT molecular complexity index is 886. The third-order valence-corrected chi connectivity index (χ3v) is 7.98. The molecule has 0 aliphatic carbocycles. The first-order valence-corrected chi connectivity index (χ1v) is 11.6. The van der Waals surface area contributed by atoms with Gasteiger partial charge in [-0.05, 0) is 38.1 Å². The molecule has 0 unspecified atom stereocenters. The number of aliphatic imine (C=N–C) groups is 1. The van der Waals surface area contributed by atoms with Gasteiger partial charge in [-0.2, -0.15) is 10.3 Å². The normalized spacial score (nSPS) is 24.6. The Morgan fingerprint density at radius 2 is 1.96 bits per heavy atom. The van der Waals surface area contributed by atoms with Crippen molar-refractivity contribution < 1.29 is 13.2 Å². The zero-order valence-corrected chi connectivity index (χ0v) is 17.0. The number of rotatable bonds is 5. The van der Waals surface area contributed by atoms with Crippen LogP contribution in [0, 0.1) is 11.3 Å². The van der Waals surface area contributed by atoms with Gasteiger partial charge >= 0.3 is 0 Å². The van der Waals surface area contributed by atoms with Crippen molar-refractivity contribution in [3.63, 3.8) is 0 Å². The molecule has 0 radical (unpaired) electrons. The van der Waals surface area contributed by atoms with E-state index in [0.29, 0.717) is 5.17 Å². The second-order valence-corrected chi connectivity index (χ2v) is 9.84. The summed E-state index contributed by atoms with van der Waals surface area (Å²) in [5.41, 5.74) is 1.90. The average Bonchev–Trinajstić information content (AvgIpc) is 3.07. The molecule has 7 nitrogen and oxygen atoms in total. The molecule has 0 N–H and O–H groups in total. The highest BCUT2D eigenvalue weighted by Crippen LogP contribution is 2.41. The lowest BCUT2D eigenvalue weighted by Gasteiger charge is -2.26. The molecule has 27 heavy (non-hydrogen) atoms. The lowest BCUT2D eigenvalue weighted by atomic mass is 10.2. The maximum atomic E-state index is 12.1. The summed E-state index contributed by atoms with van der Waals surface area (Å²) in [6, 6.07) is 9.43. The van der Waals surface area contributed by atoms with E-state index in [0.717, 1.165) is 24.5 Å². The largest absolute Gasteiger partial charge is 0.372 e. The maximum Gasteiger partial charge on any atom is 0.262 e. The number of nitriles is 1. The number of thioether (sulfide) groups is 1. The molecule has 9 heteroatoms. The summed E-state index contributed by atoms with van der Waals surface area (Å²) in [5.74, 6) is -0.372. The van der Waals surface area contributed by atoms with Crippen molar-refractivity contribution in [3.8, 4) is 6.07 Å². The topological polar surface area (TPSA) is 93.8 Å². The summed E-state index contributed by atoms with van der Waals surface area (Å²) in [4.78, 5) is 20.0. The van der Waals surface area contributed by atoms with E-state index in [4.69, 9.17) is 5.26 Å². The van der Waals surface area contributed by atoms with Crippen LogP contribution in [0.1, 0.15) is 20.3 Å². The Morgan fingerprint density at radius 1 is 1.30 bits per heavy atom. The molecule has 2 atom stereocenters. The molecule has 1 aromatic rings. The van der Waals surface area contributed by atoms with Crippen molar-refractivity contribution in [3.05, 3.63) is 24.3 Å². The molecule has 0 aromatic heterocycles. The molecular weight excluding hydrogens is 384 g/mol. The molecular formula is C18H22N4O3S2. The minimum atomic E-state index is -3.10. The Morgan fingerprint density at radius 3 is 2.56 bits per heavy atom. The van der Waals surface area contributed by atoms with E-state index in [1.165, 1.54) is 11.8 Å². The van der Waals surface area contributed by atoms with Gasteiger partial charge in [0.1, 0.15) is 6.42 Å². The van der Waals surface area contributed by atoms with Crippen LogP contribution in [0.25, 0.3) is 0 Å². The fraction of sp³-hybridized carbons (Fsp3) is 0.500. The molecule has 3 rings (SSSR count). The number of sulfone groups is 1. The zero-order chi connectivity index (χ0) is 19.6. The van der Waals surface area contributed by atoms with Crippen molar-refractivity contribution in [2.24, 2.45) is 4.99 Å². The van der Waals surface area contributed by atoms with Crippen molar-refractivity contribution >= 4 is 44.0 Å². The lowest BCUT2D eigenvalue weighted by Crippen LogP contribution is -2.37. The summed E-state index contributed by atoms with van der Waals surface area (Å²) < 4.78 is 24.2. The predicted molar refractivity (Wildman–Crippen MR) is 109 cm³/mol. The monoisotopic (exact) mass is 406 g/mol. The molecule has 1 amide bonds. The van der Waals surface area contributed by atoms with Crippen LogP contribution in [-0.4, -0.2) is 55.4 Å². The van der Waals surface area contributed by atoms with E-state index in [9.17, 15) is 13.2 Å². The number of carbonyl (C=O) groups is 1.